The van der Waals surface area contributed by atoms with Crippen molar-refractivity contribution in [2.24, 2.45) is 40.4 Å². The SMILES string of the molecule is CC[C@]1(O)CC[C@@]2(C)C(=CC[C@H]3[C@@H]4CC[C@H]([C@H](C)C(C[C@H](O)c5ccc(F)cc5)S(=O)(=O)c5ccccc5)[C@@]4(C)CC[C@@H]32)C1. The van der Waals surface area contributed by atoms with E-state index in [0.29, 0.717) is 28.2 Å². The first-order valence-electron chi connectivity index (χ1n) is 17.0. The van der Waals surface area contributed by atoms with Crippen LogP contribution in [-0.2, 0) is 9.84 Å². The second-order valence-corrected chi connectivity index (χ2v) is 17.5. The van der Waals surface area contributed by atoms with Crippen LogP contribution in [0.1, 0.15) is 104 Å². The van der Waals surface area contributed by atoms with Gasteiger partial charge in [0.25, 0.3) is 0 Å². The Morgan fingerprint density at radius 2 is 1.66 bits per heavy atom. The van der Waals surface area contributed by atoms with Crippen molar-refractivity contribution in [3.8, 4) is 0 Å². The summed E-state index contributed by atoms with van der Waals surface area (Å²) in [6, 6.07) is 14.4. The highest BCUT2D eigenvalue weighted by molar-refractivity contribution is 7.92. The van der Waals surface area contributed by atoms with Crippen molar-refractivity contribution < 1.29 is 23.0 Å². The Balaban J connectivity index is 1.29. The van der Waals surface area contributed by atoms with Gasteiger partial charge in [0.05, 0.1) is 21.9 Å². The third kappa shape index (κ3) is 5.31. The predicted molar refractivity (Wildman–Crippen MR) is 173 cm³/mol. The summed E-state index contributed by atoms with van der Waals surface area (Å²) >= 11 is 0. The lowest BCUT2D eigenvalue weighted by atomic mass is 9.46. The number of sulfone groups is 1. The number of fused-ring (bicyclic) bond motifs is 5. The molecule has 0 spiro atoms. The van der Waals surface area contributed by atoms with Crippen LogP contribution in [-0.4, -0.2) is 29.5 Å². The van der Waals surface area contributed by atoms with Crippen molar-refractivity contribution in [1.82, 2.24) is 0 Å². The van der Waals surface area contributed by atoms with Gasteiger partial charge in [-0.15, -0.1) is 0 Å². The van der Waals surface area contributed by atoms with E-state index in [1.807, 2.05) is 6.07 Å². The second-order valence-electron chi connectivity index (χ2n) is 15.3. The van der Waals surface area contributed by atoms with Crippen molar-refractivity contribution in [2.75, 3.05) is 0 Å². The molecule has 0 bridgehead atoms. The van der Waals surface area contributed by atoms with Crippen LogP contribution in [0, 0.1) is 46.2 Å². The normalized spacial score (nSPS) is 37.2. The zero-order valence-electron chi connectivity index (χ0n) is 26.9. The van der Waals surface area contributed by atoms with Crippen molar-refractivity contribution in [3.05, 3.63) is 77.6 Å². The van der Waals surface area contributed by atoms with Gasteiger partial charge in [-0.05, 0) is 134 Å². The Hall–Kier alpha value is -2.02. The van der Waals surface area contributed by atoms with Crippen molar-refractivity contribution in [2.45, 2.75) is 114 Å². The molecule has 1 unspecified atom stereocenters. The smallest absolute Gasteiger partial charge is 0.181 e. The molecule has 0 heterocycles. The van der Waals surface area contributed by atoms with Crippen molar-refractivity contribution >= 4 is 9.84 Å². The van der Waals surface area contributed by atoms with Gasteiger partial charge in [-0.25, -0.2) is 12.8 Å². The highest BCUT2D eigenvalue weighted by Gasteiger charge is 2.61. The number of hydrogen-bond donors (Lipinski definition) is 2. The van der Waals surface area contributed by atoms with E-state index in [-0.39, 0.29) is 34.9 Å². The summed E-state index contributed by atoms with van der Waals surface area (Å²) in [5, 5.41) is 21.7. The first kappa shape index (κ1) is 31.9. The summed E-state index contributed by atoms with van der Waals surface area (Å²) in [5.41, 5.74) is 1.64. The highest BCUT2D eigenvalue weighted by Crippen LogP contribution is 2.68. The molecule has 6 heteroatoms. The summed E-state index contributed by atoms with van der Waals surface area (Å²) in [7, 11) is -3.74. The minimum Gasteiger partial charge on any atom is -0.390 e. The summed E-state index contributed by atoms with van der Waals surface area (Å²) in [6.45, 7) is 9.11. The maximum Gasteiger partial charge on any atom is 0.181 e. The van der Waals surface area contributed by atoms with Gasteiger partial charge in [-0.3, -0.25) is 0 Å². The molecule has 0 radical (unpaired) electrons. The summed E-state index contributed by atoms with van der Waals surface area (Å²) in [4.78, 5) is 0.300. The maximum absolute atomic E-state index is 14.3. The van der Waals surface area contributed by atoms with E-state index in [9.17, 15) is 23.0 Å². The molecule has 2 aromatic rings. The zero-order valence-corrected chi connectivity index (χ0v) is 27.7. The van der Waals surface area contributed by atoms with E-state index in [4.69, 9.17) is 0 Å². The van der Waals surface area contributed by atoms with Crippen LogP contribution in [0.5, 0.6) is 0 Å². The average Bonchev–Trinajstić information content (AvgIpc) is 3.38. The Morgan fingerprint density at radius 3 is 2.34 bits per heavy atom. The topological polar surface area (TPSA) is 74.6 Å². The number of benzene rings is 2. The van der Waals surface area contributed by atoms with Crippen LogP contribution in [0.4, 0.5) is 4.39 Å². The third-order valence-corrected chi connectivity index (χ3v) is 15.7. The van der Waals surface area contributed by atoms with Crippen LogP contribution in [0.2, 0.25) is 0 Å². The molecule has 2 aromatic carbocycles. The minimum absolute atomic E-state index is 0.0341. The molecule has 0 amide bonds. The highest BCUT2D eigenvalue weighted by atomic mass is 32.2. The molecule has 3 fully saturated rings. The van der Waals surface area contributed by atoms with E-state index in [1.165, 1.54) is 17.7 Å². The van der Waals surface area contributed by atoms with E-state index in [1.54, 1.807) is 36.4 Å². The molecule has 2 N–H and O–H groups in total. The first-order chi connectivity index (χ1) is 20.8. The molecule has 44 heavy (non-hydrogen) atoms. The molecule has 6 rings (SSSR count). The Kier molecular flexibility index (Phi) is 8.46. The largest absolute Gasteiger partial charge is 0.390 e. The summed E-state index contributed by atoms with van der Waals surface area (Å²) in [5.74, 6) is 1.43. The lowest BCUT2D eigenvalue weighted by Gasteiger charge is -2.59. The first-order valence-corrected chi connectivity index (χ1v) is 18.5. The van der Waals surface area contributed by atoms with Crippen molar-refractivity contribution in [3.63, 3.8) is 0 Å². The quantitative estimate of drug-likeness (QED) is 0.290. The predicted octanol–water partition coefficient (Wildman–Crippen LogP) is 8.45. The fraction of sp³-hybridized carbons (Fsp3) is 0.632. The van der Waals surface area contributed by atoms with Crippen LogP contribution < -0.4 is 0 Å². The molecule has 4 nitrogen and oxygen atoms in total. The van der Waals surface area contributed by atoms with Crippen molar-refractivity contribution in [1.29, 1.82) is 0 Å². The number of hydrogen-bond acceptors (Lipinski definition) is 4. The van der Waals surface area contributed by atoms with Crippen LogP contribution in [0.25, 0.3) is 0 Å². The average molecular weight is 623 g/mol. The van der Waals surface area contributed by atoms with Gasteiger partial charge in [0.2, 0.25) is 0 Å². The molecule has 0 saturated heterocycles. The third-order valence-electron chi connectivity index (χ3n) is 13.4. The monoisotopic (exact) mass is 622 g/mol. The van der Waals surface area contributed by atoms with Gasteiger partial charge in [0, 0.05) is 0 Å². The molecule has 10 atom stereocenters. The fourth-order valence-corrected chi connectivity index (χ4v) is 12.7. The Morgan fingerprint density at radius 1 is 0.955 bits per heavy atom. The molecule has 240 valence electrons. The van der Waals surface area contributed by atoms with Crippen LogP contribution in [0.15, 0.2) is 71.1 Å². The summed E-state index contributed by atoms with van der Waals surface area (Å²) in [6.07, 6.45) is 10.5. The van der Waals surface area contributed by atoms with Gasteiger partial charge < -0.3 is 10.2 Å². The second kappa shape index (κ2) is 11.7. The van der Waals surface area contributed by atoms with Crippen LogP contribution in [0.3, 0.4) is 0 Å². The molecule has 4 aliphatic carbocycles. The van der Waals surface area contributed by atoms with E-state index in [0.717, 1.165) is 57.8 Å². The Labute approximate surface area is 264 Å². The number of aliphatic hydroxyl groups is 2. The number of rotatable bonds is 8. The van der Waals surface area contributed by atoms with E-state index in [2.05, 4.69) is 33.8 Å². The number of halogens is 1. The molecule has 0 aromatic heterocycles. The minimum atomic E-state index is -3.74. The van der Waals surface area contributed by atoms with Gasteiger partial charge in [-0.1, -0.05) is 69.7 Å². The fourth-order valence-electron chi connectivity index (χ4n) is 10.6. The molecule has 3 saturated carbocycles. The van der Waals surface area contributed by atoms with E-state index >= 15 is 0 Å². The van der Waals surface area contributed by atoms with E-state index < -0.39 is 26.8 Å². The van der Waals surface area contributed by atoms with Gasteiger partial charge in [-0.2, -0.15) is 0 Å². The van der Waals surface area contributed by atoms with Gasteiger partial charge in [0.15, 0.2) is 9.84 Å². The molecular formula is C38H51FO4S. The number of allylic oxidation sites excluding steroid dienone is 1. The standard InChI is InChI=1S/C38H51FO4S/c1-5-38(41)22-21-36(3)27(24-38)13-16-30-32-18-17-31(37(32,4)20-19-33(30)36)25(2)35(44(42,43)29-9-7-6-8-10-29)23-34(40)26-11-14-28(39)15-12-26/h6-15,25,30-35,40-41H,5,16-24H2,1-4H3/t25-,30-,31+,32-,33-,34-,35?,36-,37+,38-/m0/s1. The molecular weight excluding hydrogens is 571 g/mol. The van der Waals surface area contributed by atoms with Gasteiger partial charge in [0.1, 0.15) is 5.82 Å². The molecule has 0 aliphatic heterocycles. The number of aliphatic hydroxyl groups excluding tert-OH is 1. The maximum atomic E-state index is 14.3. The summed E-state index contributed by atoms with van der Waals surface area (Å²) < 4.78 is 42.3. The van der Waals surface area contributed by atoms with Gasteiger partial charge >= 0.3 is 0 Å². The van der Waals surface area contributed by atoms with Crippen LogP contribution >= 0.6 is 0 Å². The lowest BCUT2D eigenvalue weighted by Crippen LogP contribution is -2.53. The zero-order chi connectivity index (χ0) is 31.5. The Bertz CT molecular complexity index is 1470. The molecule has 4 aliphatic rings. The lowest BCUT2D eigenvalue weighted by molar-refractivity contribution is -0.0755.